The average Bonchev–Trinajstić information content (AvgIpc) is 3.25. The molecule has 0 fully saturated rings. The van der Waals surface area contributed by atoms with Crippen molar-refractivity contribution in [1.82, 2.24) is 24.9 Å². The third-order valence-electron chi connectivity index (χ3n) is 3.52. The third-order valence-corrected chi connectivity index (χ3v) is 4.41. The van der Waals surface area contributed by atoms with Crippen LogP contribution < -0.4 is 5.73 Å². The van der Waals surface area contributed by atoms with Gasteiger partial charge in [0, 0.05) is 12.1 Å². The molecule has 4 aromatic heterocycles. The smallest absolute Gasteiger partial charge is 0.177 e. The molecule has 0 amide bonds. The van der Waals surface area contributed by atoms with Crippen molar-refractivity contribution in [3.63, 3.8) is 0 Å². The molecule has 0 saturated heterocycles. The average molecular weight is 326 g/mol. The zero-order chi connectivity index (χ0) is 16.0. The molecule has 4 rings (SSSR count). The zero-order valence-electron chi connectivity index (χ0n) is 12.6. The highest BCUT2D eigenvalue weighted by molar-refractivity contribution is 7.13. The second-order valence-electron chi connectivity index (χ2n) is 5.40. The second kappa shape index (κ2) is 5.17. The van der Waals surface area contributed by atoms with Crippen molar-refractivity contribution in [2.24, 2.45) is 0 Å². The quantitative estimate of drug-likeness (QED) is 0.620. The Kier molecular flexibility index (Phi) is 3.12. The molecule has 0 aliphatic heterocycles. The molecule has 0 bridgehead atoms. The highest BCUT2D eigenvalue weighted by Gasteiger charge is 2.21. The maximum absolute atomic E-state index is 6.05. The second-order valence-corrected chi connectivity index (χ2v) is 6.35. The van der Waals surface area contributed by atoms with Gasteiger partial charge in [-0.3, -0.25) is 0 Å². The third kappa shape index (κ3) is 2.18. The number of fused-ring (bicyclic) bond motifs is 1. The SMILES string of the molecule is CC(C)n1nc(-c2cc(-c3cccs3)on2)c2c(N)ncnc21. The van der Waals surface area contributed by atoms with Crippen LogP contribution in [0.25, 0.3) is 33.1 Å². The van der Waals surface area contributed by atoms with Gasteiger partial charge >= 0.3 is 0 Å². The molecule has 0 aliphatic rings. The molecule has 0 atom stereocenters. The van der Waals surface area contributed by atoms with Crippen LogP contribution in [0.15, 0.2) is 34.4 Å². The molecule has 0 saturated carbocycles. The Labute approximate surface area is 135 Å². The summed E-state index contributed by atoms with van der Waals surface area (Å²) in [6.07, 6.45) is 1.45. The van der Waals surface area contributed by atoms with E-state index in [4.69, 9.17) is 10.3 Å². The summed E-state index contributed by atoms with van der Waals surface area (Å²) in [7, 11) is 0. The Hall–Kier alpha value is -2.74. The number of aromatic nitrogens is 5. The molecular weight excluding hydrogens is 312 g/mol. The van der Waals surface area contributed by atoms with Crippen LogP contribution in [-0.4, -0.2) is 24.9 Å². The Balaban J connectivity index is 1.92. The van der Waals surface area contributed by atoms with Gasteiger partial charge in [-0.25, -0.2) is 14.6 Å². The van der Waals surface area contributed by atoms with Crippen LogP contribution >= 0.6 is 11.3 Å². The number of hydrogen-bond donors (Lipinski definition) is 1. The number of nitrogens with zero attached hydrogens (tertiary/aromatic N) is 5. The van der Waals surface area contributed by atoms with E-state index in [1.165, 1.54) is 6.33 Å². The van der Waals surface area contributed by atoms with E-state index in [1.807, 2.05) is 42.1 Å². The summed E-state index contributed by atoms with van der Waals surface area (Å²) in [5, 5.41) is 11.5. The Morgan fingerprint density at radius 1 is 1.30 bits per heavy atom. The molecule has 4 heterocycles. The van der Waals surface area contributed by atoms with Crippen LogP contribution in [0.2, 0.25) is 0 Å². The van der Waals surface area contributed by atoms with Crippen molar-refractivity contribution in [2.45, 2.75) is 19.9 Å². The highest BCUT2D eigenvalue weighted by Crippen LogP contribution is 2.34. The molecule has 0 aliphatic carbocycles. The van der Waals surface area contributed by atoms with Gasteiger partial charge in [0.2, 0.25) is 0 Å². The topological polar surface area (TPSA) is 95.7 Å². The van der Waals surface area contributed by atoms with Gasteiger partial charge < -0.3 is 10.3 Å². The Morgan fingerprint density at radius 3 is 2.91 bits per heavy atom. The van der Waals surface area contributed by atoms with Crippen LogP contribution in [0.3, 0.4) is 0 Å². The van der Waals surface area contributed by atoms with Gasteiger partial charge in [0.15, 0.2) is 11.4 Å². The molecule has 0 spiro atoms. The molecule has 2 N–H and O–H groups in total. The molecule has 0 aromatic carbocycles. The molecule has 7 nitrogen and oxygen atoms in total. The van der Waals surface area contributed by atoms with E-state index in [0.717, 1.165) is 4.88 Å². The highest BCUT2D eigenvalue weighted by atomic mass is 32.1. The molecule has 0 unspecified atom stereocenters. The Bertz CT molecular complexity index is 969. The number of hydrogen-bond acceptors (Lipinski definition) is 7. The van der Waals surface area contributed by atoms with Gasteiger partial charge in [-0.15, -0.1) is 11.3 Å². The number of anilines is 1. The van der Waals surface area contributed by atoms with Crippen molar-refractivity contribution in [3.05, 3.63) is 29.9 Å². The van der Waals surface area contributed by atoms with Crippen LogP contribution in [0, 0.1) is 0 Å². The lowest BCUT2D eigenvalue weighted by Crippen LogP contribution is -2.04. The van der Waals surface area contributed by atoms with Crippen LogP contribution in [0.4, 0.5) is 5.82 Å². The fourth-order valence-corrected chi connectivity index (χ4v) is 3.13. The number of nitrogen functional groups attached to an aromatic ring is 1. The van der Waals surface area contributed by atoms with Crippen molar-refractivity contribution < 1.29 is 4.52 Å². The summed E-state index contributed by atoms with van der Waals surface area (Å²) in [6.45, 7) is 4.07. The minimum Gasteiger partial charge on any atom is -0.383 e. The van der Waals surface area contributed by atoms with E-state index in [2.05, 4.69) is 20.2 Å². The lowest BCUT2D eigenvalue weighted by molar-refractivity contribution is 0.435. The predicted octanol–water partition coefficient (Wildman–Crippen LogP) is 3.37. The fourth-order valence-electron chi connectivity index (χ4n) is 2.46. The zero-order valence-corrected chi connectivity index (χ0v) is 13.4. The van der Waals surface area contributed by atoms with E-state index >= 15 is 0 Å². The first-order valence-corrected chi connectivity index (χ1v) is 8.02. The normalized spacial score (nSPS) is 11.6. The van der Waals surface area contributed by atoms with E-state index in [1.54, 1.807) is 11.3 Å². The molecule has 8 heteroatoms. The van der Waals surface area contributed by atoms with Gasteiger partial charge in [0.25, 0.3) is 0 Å². The van der Waals surface area contributed by atoms with E-state index in [9.17, 15) is 0 Å². The number of thiophene rings is 1. The summed E-state index contributed by atoms with van der Waals surface area (Å²) in [5.41, 5.74) is 8.01. The molecule has 116 valence electrons. The molecule has 0 radical (unpaired) electrons. The van der Waals surface area contributed by atoms with Crippen LogP contribution in [-0.2, 0) is 0 Å². The van der Waals surface area contributed by atoms with Crippen molar-refractivity contribution >= 4 is 28.2 Å². The monoisotopic (exact) mass is 326 g/mol. The summed E-state index contributed by atoms with van der Waals surface area (Å²) in [5.74, 6) is 1.09. The minimum absolute atomic E-state index is 0.143. The number of nitrogens with two attached hydrogens (primary N) is 1. The minimum atomic E-state index is 0.143. The van der Waals surface area contributed by atoms with Crippen LogP contribution in [0.5, 0.6) is 0 Å². The summed E-state index contributed by atoms with van der Waals surface area (Å²) in [6, 6.07) is 5.96. The lowest BCUT2D eigenvalue weighted by Gasteiger charge is -2.05. The van der Waals surface area contributed by atoms with E-state index in [0.29, 0.717) is 34.0 Å². The van der Waals surface area contributed by atoms with Crippen molar-refractivity contribution in [2.75, 3.05) is 5.73 Å². The van der Waals surface area contributed by atoms with Crippen LogP contribution in [0.1, 0.15) is 19.9 Å². The maximum Gasteiger partial charge on any atom is 0.177 e. The van der Waals surface area contributed by atoms with Gasteiger partial charge in [-0.1, -0.05) is 11.2 Å². The van der Waals surface area contributed by atoms with E-state index in [-0.39, 0.29) is 6.04 Å². The largest absolute Gasteiger partial charge is 0.383 e. The summed E-state index contributed by atoms with van der Waals surface area (Å²) >= 11 is 1.59. The standard InChI is InChI=1S/C15H14N6OS/c1-8(2)21-15-12(14(16)17-7-18-15)13(19-21)9-6-10(22-20-9)11-4-3-5-23-11/h3-8H,1-2H3,(H2,16,17,18). The number of rotatable bonds is 3. The van der Waals surface area contributed by atoms with Crippen molar-refractivity contribution in [1.29, 1.82) is 0 Å². The first kappa shape index (κ1) is 13.9. The first-order valence-electron chi connectivity index (χ1n) is 7.15. The van der Waals surface area contributed by atoms with Gasteiger partial charge in [0.05, 0.1) is 10.3 Å². The van der Waals surface area contributed by atoms with Gasteiger partial charge in [-0.05, 0) is 25.3 Å². The molecule has 23 heavy (non-hydrogen) atoms. The van der Waals surface area contributed by atoms with Gasteiger partial charge in [-0.2, -0.15) is 5.10 Å². The van der Waals surface area contributed by atoms with E-state index < -0.39 is 0 Å². The van der Waals surface area contributed by atoms with Gasteiger partial charge in [0.1, 0.15) is 23.5 Å². The fraction of sp³-hybridized carbons (Fsp3) is 0.200. The molecule has 4 aromatic rings. The summed E-state index contributed by atoms with van der Waals surface area (Å²) < 4.78 is 7.27. The molecular formula is C15H14N6OS. The lowest BCUT2D eigenvalue weighted by atomic mass is 10.2. The Morgan fingerprint density at radius 2 is 2.17 bits per heavy atom. The predicted molar refractivity (Wildman–Crippen MR) is 88.9 cm³/mol. The summed E-state index contributed by atoms with van der Waals surface area (Å²) in [4.78, 5) is 9.41. The van der Waals surface area contributed by atoms with Crippen molar-refractivity contribution in [3.8, 4) is 22.0 Å². The maximum atomic E-state index is 6.05. The first-order chi connectivity index (χ1) is 11.1.